The van der Waals surface area contributed by atoms with E-state index in [2.05, 4.69) is 6.07 Å². The first-order valence-electron chi connectivity index (χ1n) is 8.25. The van der Waals surface area contributed by atoms with E-state index in [-0.39, 0.29) is 5.91 Å². The van der Waals surface area contributed by atoms with E-state index in [1.807, 2.05) is 47.4 Å². The molecular formula is C20H23NO3. The van der Waals surface area contributed by atoms with Crippen molar-refractivity contribution in [3.63, 3.8) is 0 Å². The van der Waals surface area contributed by atoms with Crippen LogP contribution >= 0.6 is 0 Å². The van der Waals surface area contributed by atoms with E-state index in [4.69, 9.17) is 9.47 Å². The third-order valence-electron chi connectivity index (χ3n) is 4.61. The highest BCUT2D eigenvalue weighted by atomic mass is 16.5. The Kier molecular flexibility index (Phi) is 5.04. The molecule has 0 spiro atoms. The van der Waals surface area contributed by atoms with E-state index in [0.717, 1.165) is 36.6 Å². The molecule has 1 fully saturated rings. The molecule has 0 radical (unpaired) electrons. The lowest BCUT2D eigenvalue weighted by molar-refractivity contribution is -0.129. The van der Waals surface area contributed by atoms with Gasteiger partial charge in [0, 0.05) is 19.0 Å². The fourth-order valence-corrected chi connectivity index (χ4v) is 3.31. The number of amides is 1. The average molecular weight is 325 g/mol. The van der Waals surface area contributed by atoms with Crippen molar-refractivity contribution in [2.75, 3.05) is 27.3 Å². The smallest absolute Gasteiger partial charge is 0.227 e. The van der Waals surface area contributed by atoms with Gasteiger partial charge in [-0.3, -0.25) is 4.79 Å². The zero-order chi connectivity index (χ0) is 16.9. The van der Waals surface area contributed by atoms with Crippen molar-refractivity contribution in [2.45, 2.75) is 18.8 Å². The van der Waals surface area contributed by atoms with Crippen LogP contribution in [0.2, 0.25) is 0 Å². The maximum atomic E-state index is 12.6. The summed E-state index contributed by atoms with van der Waals surface area (Å²) in [5.41, 5.74) is 2.18. The van der Waals surface area contributed by atoms with Crippen LogP contribution in [0.3, 0.4) is 0 Å². The average Bonchev–Trinajstić information content (AvgIpc) is 3.12. The van der Waals surface area contributed by atoms with Gasteiger partial charge < -0.3 is 14.4 Å². The third kappa shape index (κ3) is 3.53. The summed E-state index contributed by atoms with van der Waals surface area (Å²) in [6.07, 6.45) is 1.39. The fourth-order valence-electron chi connectivity index (χ4n) is 3.31. The lowest BCUT2D eigenvalue weighted by atomic mass is 9.97. The fraction of sp³-hybridized carbons (Fsp3) is 0.350. The molecule has 126 valence electrons. The molecule has 1 saturated heterocycles. The number of nitrogens with zero attached hydrogens (tertiary/aromatic N) is 1. The van der Waals surface area contributed by atoms with Gasteiger partial charge in [-0.1, -0.05) is 30.3 Å². The van der Waals surface area contributed by atoms with Gasteiger partial charge in [0.2, 0.25) is 5.91 Å². The molecule has 2 aromatic rings. The van der Waals surface area contributed by atoms with E-state index in [0.29, 0.717) is 12.3 Å². The van der Waals surface area contributed by atoms with Gasteiger partial charge in [0.05, 0.1) is 20.6 Å². The topological polar surface area (TPSA) is 38.8 Å². The second-order valence-electron chi connectivity index (χ2n) is 6.10. The van der Waals surface area contributed by atoms with E-state index < -0.39 is 0 Å². The Bertz CT molecular complexity index is 714. The quantitative estimate of drug-likeness (QED) is 0.847. The summed E-state index contributed by atoms with van der Waals surface area (Å²) in [5.74, 6) is 2.20. The summed E-state index contributed by atoms with van der Waals surface area (Å²) >= 11 is 0. The highest BCUT2D eigenvalue weighted by Crippen LogP contribution is 2.33. The largest absolute Gasteiger partial charge is 0.497 e. The first-order chi connectivity index (χ1) is 11.7. The van der Waals surface area contributed by atoms with E-state index >= 15 is 0 Å². The van der Waals surface area contributed by atoms with Crippen molar-refractivity contribution >= 4 is 5.91 Å². The van der Waals surface area contributed by atoms with Crippen LogP contribution in [0.5, 0.6) is 11.5 Å². The van der Waals surface area contributed by atoms with Crippen LogP contribution in [0.25, 0.3) is 0 Å². The maximum Gasteiger partial charge on any atom is 0.227 e. The van der Waals surface area contributed by atoms with Gasteiger partial charge in [0.15, 0.2) is 0 Å². The van der Waals surface area contributed by atoms with Crippen molar-refractivity contribution in [1.29, 1.82) is 0 Å². The van der Waals surface area contributed by atoms with Crippen LogP contribution < -0.4 is 9.47 Å². The van der Waals surface area contributed by atoms with Crippen molar-refractivity contribution in [3.05, 3.63) is 59.7 Å². The molecule has 1 aliphatic rings. The highest BCUT2D eigenvalue weighted by molar-refractivity contribution is 5.79. The first-order valence-corrected chi connectivity index (χ1v) is 8.25. The number of ether oxygens (including phenoxy) is 2. The number of benzene rings is 2. The molecule has 4 nitrogen and oxygen atoms in total. The van der Waals surface area contributed by atoms with Crippen molar-refractivity contribution in [1.82, 2.24) is 4.90 Å². The molecule has 0 saturated carbocycles. The SMILES string of the molecule is COc1cccc(CC(=O)N2CCC(c3ccccc3OC)C2)c1. The zero-order valence-corrected chi connectivity index (χ0v) is 14.2. The molecule has 1 atom stereocenters. The highest BCUT2D eigenvalue weighted by Gasteiger charge is 2.28. The number of hydrogen-bond donors (Lipinski definition) is 0. The van der Waals surface area contributed by atoms with Gasteiger partial charge in [0.25, 0.3) is 0 Å². The molecule has 0 bridgehead atoms. The molecule has 1 unspecified atom stereocenters. The number of carbonyl (C=O) groups excluding carboxylic acids is 1. The normalized spacial score (nSPS) is 16.9. The Balaban J connectivity index is 1.65. The molecule has 1 amide bonds. The summed E-state index contributed by atoms with van der Waals surface area (Å²) in [5, 5.41) is 0. The summed E-state index contributed by atoms with van der Waals surface area (Å²) < 4.78 is 10.7. The number of carbonyl (C=O) groups is 1. The van der Waals surface area contributed by atoms with Gasteiger partial charge in [0.1, 0.15) is 11.5 Å². The molecule has 0 aliphatic carbocycles. The monoisotopic (exact) mass is 325 g/mol. The van der Waals surface area contributed by atoms with E-state index in [1.54, 1.807) is 14.2 Å². The number of hydrogen-bond acceptors (Lipinski definition) is 3. The van der Waals surface area contributed by atoms with E-state index in [9.17, 15) is 4.79 Å². The lowest BCUT2D eigenvalue weighted by Gasteiger charge is -2.18. The standard InChI is InChI=1S/C20H23NO3/c1-23-17-7-5-6-15(12-17)13-20(22)21-11-10-16(14-21)18-8-3-4-9-19(18)24-2/h3-9,12,16H,10-11,13-14H2,1-2H3. The molecule has 1 heterocycles. The van der Waals surface area contributed by atoms with Gasteiger partial charge in [-0.15, -0.1) is 0 Å². The second kappa shape index (κ2) is 7.39. The first kappa shape index (κ1) is 16.4. The molecule has 24 heavy (non-hydrogen) atoms. The Labute approximate surface area is 143 Å². The third-order valence-corrected chi connectivity index (χ3v) is 4.61. The van der Waals surface area contributed by atoms with Crippen LogP contribution in [-0.2, 0) is 11.2 Å². The predicted molar refractivity (Wildman–Crippen MR) is 93.6 cm³/mol. The summed E-state index contributed by atoms with van der Waals surface area (Å²) in [6.45, 7) is 1.55. The van der Waals surface area contributed by atoms with Gasteiger partial charge >= 0.3 is 0 Å². The second-order valence-corrected chi connectivity index (χ2v) is 6.10. The summed E-state index contributed by atoms with van der Waals surface area (Å²) in [7, 11) is 3.33. The Morgan fingerprint density at radius 1 is 1.12 bits per heavy atom. The Morgan fingerprint density at radius 3 is 2.75 bits per heavy atom. The van der Waals surface area contributed by atoms with Crippen LogP contribution in [-0.4, -0.2) is 38.1 Å². The van der Waals surface area contributed by atoms with Crippen molar-refractivity contribution in [2.24, 2.45) is 0 Å². The van der Waals surface area contributed by atoms with Crippen LogP contribution in [0.4, 0.5) is 0 Å². The molecule has 3 rings (SSSR count). The van der Waals surface area contributed by atoms with Gasteiger partial charge in [-0.25, -0.2) is 0 Å². The van der Waals surface area contributed by atoms with Crippen molar-refractivity contribution < 1.29 is 14.3 Å². The maximum absolute atomic E-state index is 12.6. The zero-order valence-electron chi connectivity index (χ0n) is 14.2. The predicted octanol–water partition coefficient (Wildman–Crippen LogP) is 3.26. The van der Waals surface area contributed by atoms with Crippen molar-refractivity contribution in [3.8, 4) is 11.5 Å². The number of para-hydroxylation sites is 1. The molecular weight excluding hydrogens is 302 g/mol. The molecule has 1 aliphatic heterocycles. The number of methoxy groups -OCH3 is 2. The van der Waals surface area contributed by atoms with Crippen LogP contribution in [0.15, 0.2) is 48.5 Å². The van der Waals surface area contributed by atoms with Crippen LogP contribution in [0, 0.1) is 0 Å². The van der Waals surface area contributed by atoms with E-state index in [1.165, 1.54) is 5.56 Å². The molecule has 0 aromatic heterocycles. The Morgan fingerprint density at radius 2 is 1.96 bits per heavy atom. The van der Waals surface area contributed by atoms with Gasteiger partial charge in [-0.05, 0) is 35.7 Å². The summed E-state index contributed by atoms with van der Waals surface area (Å²) in [4.78, 5) is 14.6. The minimum Gasteiger partial charge on any atom is -0.497 e. The van der Waals surface area contributed by atoms with Gasteiger partial charge in [-0.2, -0.15) is 0 Å². The molecule has 0 N–H and O–H groups in total. The molecule has 4 heteroatoms. The minimum atomic E-state index is 0.167. The summed E-state index contributed by atoms with van der Waals surface area (Å²) in [6, 6.07) is 15.8. The minimum absolute atomic E-state index is 0.167. The lowest BCUT2D eigenvalue weighted by Crippen LogP contribution is -2.29. The number of likely N-dealkylation sites (tertiary alicyclic amines) is 1. The number of rotatable bonds is 5. The Hall–Kier alpha value is -2.49. The van der Waals surface area contributed by atoms with Crippen LogP contribution in [0.1, 0.15) is 23.5 Å². The molecule has 2 aromatic carbocycles.